The van der Waals surface area contributed by atoms with Crippen molar-refractivity contribution in [1.29, 1.82) is 0 Å². The second-order valence-corrected chi connectivity index (χ2v) is 3.98. The molecule has 0 radical (unpaired) electrons. The van der Waals surface area contributed by atoms with Gasteiger partial charge < -0.3 is 9.40 Å². The molecule has 0 bridgehead atoms. The third kappa shape index (κ3) is 1.45. The van der Waals surface area contributed by atoms with Crippen LogP contribution in [0.4, 0.5) is 0 Å². The van der Waals surface area contributed by atoms with Crippen molar-refractivity contribution in [3.63, 3.8) is 0 Å². The fraction of sp³-hybridized carbons (Fsp3) is 0.0769. The van der Waals surface area contributed by atoms with Crippen molar-refractivity contribution >= 4 is 21.9 Å². The second-order valence-electron chi connectivity index (χ2n) is 3.98. The molecule has 4 heteroatoms. The Bertz CT molecular complexity index is 843. The number of aryl methyl sites for hydroxylation is 1. The molecular weight excluding hydrogens is 218 g/mol. The molecule has 84 valence electrons. The minimum Gasteiger partial charge on any atom is -0.422 e. The minimum absolute atomic E-state index is 0.173. The van der Waals surface area contributed by atoms with Crippen LogP contribution in [-0.2, 0) is 0 Å². The number of hydrogen-bond acceptors (Lipinski definition) is 3. The Hall–Kier alpha value is -2.36. The Labute approximate surface area is 95.5 Å². The Kier molecular flexibility index (Phi) is 1.92. The van der Waals surface area contributed by atoms with E-state index in [0.717, 1.165) is 11.1 Å². The number of fused-ring (bicyclic) bond motifs is 3. The fourth-order valence-electron chi connectivity index (χ4n) is 1.93. The van der Waals surface area contributed by atoms with Gasteiger partial charge in [0.1, 0.15) is 5.58 Å². The summed E-state index contributed by atoms with van der Waals surface area (Å²) in [5, 5.41) is 1.23. The molecule has 0 atom stereocenters. The number of rotatable bonds is 0. The van der Waals surface area contributed by atoms with Gasteiger partial charge in [-0.3, -0.25) is 4.79 Å². The maximum absolute atomic E-state index is 11.7. The fourth-order valence-corrected chi connectivity index (χ4v) is 1.93. The van der Waals surface area contributed by atoms with E-state index in [4.69, 9.17) is 4.42 Å². The first-order valence-corrected chi connectivity index (χ1v) is 5.22. The van der Waals surface area contributed by atoms with E-state index in [1.165, 1.54) is 12.1 Å². The molecule has 0 aliphatic rings. The van der Waals surface area contributed by atoms with Crippen molar-refractivity contribution in [2.45, 2.75) is 6.92 Å². The summed E-state index contributed by atoms with van der Waals surface area (Å²) in [6.45, 7) is 1.90. The van der Waals surface area contributed by atoms with Crippen molar-refractivity contribution < 1.29 is 4.42 Å². The van der Waals surface area contributed by atoms with Gasteiger partial charge >= 0.3 is 5.63 Å². The van der Waals surface area contributed by atoms with E-state index < -0.39 is 5.63 Å². The number of hydrogen-bond donors (Lipinski definition) is 1. The molecule has 1 aromatic carbocycles. The van der Waals surface area contributed by atoms with E-state index in [-0.39, 0.29) is 5.43 Å². The molecule has 0 unspecified atom stereocenters. The highest BCUT2D eigenvalue weighted by Crippen LogP contribution is 2.19. The largest absolute Gasteiger partial charge is 0.422 e. The quantitative estimate of drug-likeness (QED) is 0.471. The number of benzene rings is 1. The lowest BCUT2D eigenvalue weighted by Gasteiger charge is -2.03. The molecule has 0 saturated carbocycles. The lowest BCUT2D eigenvalue weighted by molar-refractivity contribution is 0.569. The number of H-pyrrole nitrogens is 1. The number of pyridine rings is 1. The number of aromatic nitrogens is 1. The minimum atomic E-state index is -0.436. The Morgan fingerprint density at radius 1 is 1.06 bits per heavy atom. The van der Waals surface area contributed by atoms with Gasteiger partial charge in [0, 0.05) is 17.1 Å². The van der Waals surface area contributed by atoms with E-state index in [2.05, 4.69) is 4.98 Å². The van der Waals surface area contributed by atoms with Gasteiger partial charge in [-0.25, -0.2) is 4.79 Å². The van der Waals surface area contributed by atoms with Crippen LogP contribution in [0.15, 0.2) is 44.3 Å². The van der Waals surface area contributed by atoms with Crippen LogP contribution in [0.25, 0.3) is 21.9 Å². The summed E-state index contributed by atoms with van der Waals surface area (Å²) >= 11 is 0. The molecular formula is C13H9NO3. The molecule has 0 spiro atoms. The van der Waals surface area contributed by atoms with E-state index >= 15 is 0 Å². The SMILES string of the molecule is Cc1ccc2c(=O)oc3cc(=O)ccc3c2[nH]1. The van der Waals surface area contributed by atoms with Gasteiger partial charge in [0.15, 0.2) is 5.43 Å². The predicted octanol–water partition coefficient (Wildman–Crippen LogP) is 1.94. The summed E-state index contributed by atoms with van der Waals surface area (Å²) in [5.74, 6) is 0. The van der Waals surface area contributed by atoms with Crippen LogP contribution in [0.1, 0.15) is 5.69 Å². The molecule has 0 fully saturated rings. The highest BCUT2D eigenvalue weighted by molar-refractivity contribution is 6.01. The molecule has 3 rings (SSSR count). The molecule has 0 saturated heterocycles. The van der Waals surface area contributed by atoms with Gasteiger partial charge in [0.2, 0.25) is 0 Å². The molecule has 17 heavy (non-hydrogen) atoms. The zero-order valence-corrected chi connectivity index (χ0v) is 9.11. The zero-order valence-electron chi connectivity index (χ0n) is 9.11. The smallest absolute Gasteiger partial charge is 0.345 e. The third-order valence-corrected chi connectivity index (χ3v) is 2.74. The summed E-state index contributed by atoms with van der Waals surface area (Å²) in [6.07, 6.45) is 0. The molecule has 4 nitrogen and oxygen atoms in total. The summed E-state index contributed by atoms with van der Waals surface area (Å²) < 4.78 is 5.12. The lowest BCUT2D eigenvalue weighted by atomic mass is 10.1. The summed E-state index contributed by atoms with van der Waals surface area (Å²) in [6, 6.07) is 7.98. The number of nitrogens with one attached hydrogen (secondary N) is 1. The zero-order chi connectivity index (χ0) is 12.0. The molecule has 0 aliphatic carbocycles. The molecule has 1 N–H and O–H groups in total. The Morgan fingerprint density at radius 3 is 2.65 bits per heavy atom. The molecule has 0 amide bonds. The van der Waals surface area contributed by atoms with E-state index in [1.807, 2.05) is 13.0 Å². The van der Waals surface area contributed by atoms with Crippen LogP contribution in [0.5, 0.6) is 0 Å². The predicted molar refractivity (Wildman–Crippen MR) is 65.3 cm³/mol. The van der Waals surface area contributed by atoms with Gasteiger partial charge in [-0.05, 0) is 31.2 Å². The van der Waals surface area contributed by atoms with Crippen molar-refractivity contribution in [3.05, 3.63) is 56.7 Å². The first-order chi connectivity index (χ1) is 8.15. The maximum atomic E-state index is 11.7. The second kappa shape index (κ2) is 3.31. The first-order valence-electron chi connectivity index (χ1n) is 5.22. The summed E-state index contributed by atoms with van der Waals surface area (Å²) in [5.41, 5.74) is 1.35. The number of aromatic amines is 1. The third-order valence-electron chi connectivity index (χ3n) is 2.74. The van der Waals surface area contributed by atoms with Gasteiger partial charge in [-0.2, -0.15) is 0 Å². The van der Waals surface area contributed by atoms with Crippen LogP contribution >= 0.6 is 0 Å². The summed E-state index contributed by atoms with van der Waals surface area (Å²) in [4.78, 5) is 26.1. The monoisotopic (exact) mass is 227 g/mol. The topological polar surface area (TPSA) is 63.1 Å². The normalized spacial score (nSPS) is 11.1. The highest BCUT2D eigenvalue weighted by Gasteiger charge is 2.07. The van der Waals surface area contributed by atoms with Crippen LogP contribution in [0.3, 0.4) is 0 Å². The molecule has 2 heterocycles. The van der Waals surface area contributed by atoms with E-state index in [1.54, 1.807) is 12.1 Å². The van der Waals surface area contributed by atoms with E-state index in [9.17, 15) is 9.59 Å². The van der Waals surface area contributed by atoms with Crippen molar-refractivity contribution in [1.82, 2.24) is 4.98 Å². The Morgan fingerprint density at radius 2 is 1.82 bits per heavy atom. The summed E-state index contributed by atoms with van der Waals surface area (Å²) in [7, 11) is 0. The van der Waals surface area contributed by atoms with Gasteiger partial charge in [0.25, 0.3) is 0 Å². The molecule has 2 aromatic heterocycles. The molecule has 3 aromatic rings. The van der Waals surface area contributed by atoms with Gasteiger partial charge in [-0.15, -0.1) is 0 Å². The van der Waals surface area contributed by atoms with Crippen LogP contribution in [-0.4, -0.2) is 4.98 Å². The van der Waals surface area contributed by atoms with Gasteiger partial charge in [-0.1, -0.05) is 0 Å². The Balaban J connectivity index is 2.67. The molecule has 0 aliphatic heterocycles. The van der Waals surface area contributed by atoms with Crippen LogP contribution < -0.4 is 11.1 Å². The highest BCUT2D eigenvalue weighted by atomic mass is 16.4. The van der Waals surface area contributed by atoms with Gasteiger partial charge in [0.05, 0.1) is 10.9 Å². The lowest BCUT2D eigenvalue weighted by Crippen LogP contribution is -2.04. The maximum Gasteiger partial charge on any atom is 0.345 e. The average Bonchev–Trinajstić information content (AvgIpc) is 2.28. The van der Waals surface area contributed by atoms with Crippen LogP contribution in [0.2, 0.25) is 0 Å². The van der Waals surface area contributed by atoms with Crippen molar-refractivity contribution in [2.75, 3.05) is 0 Å². The first kappa shape index (κ1) is 9.84. The van der Waals surface area contributed by atoms with E-state index in [0.29, 0.717) is 16.5 Å². The standard InChI is InChI=1S/C13H9NO3/c1-7-2-4-10-12(14-7)9-5-3-8(15)6-11(9)17-13(10)16/h2-6,14H,1H3. The average molecular weight is 227 g/mol. The van der Waals surface area contributed by atoms with Crippen molar-refractivity contribution in [3.8, 4) is 0 Å². The van der Waals surface area contributed by atoms with Crippen LogP contribution in [0, 0.1) is 6.92 Å². The van der Waals surface area contributed by atoms with Crippen molar-refractivity contribution in [2.24, 2.45) is 0 Å².